The van der Waals surface area contributed by atoms with Gasteiger partial charge in [0.1, 0.15) is 5.76 Å². The highest BCUT2D eigenvalue weighted by Gasteiger charge is 2.19. The van der Waals surface area contributed by atoms with Crippen molar-refractivity contribution in [2.75, 3.05) is 23.3 Å². The van der Waals surface area contributed by atoms with E-state index in [1.807, 2.05) is 49.4 Å². The number of anilines is 2. The topological polar surface area (TPSA) is 58.4 Å². The molecule has 1 amide bonds. The molecule has 2 heterocycles. The lowest BCUT2D eigenvalue weighted by Crippen LogP contribution is -2.19. The fourth-order valence-electron chi connectivity index (χ4n) is 3.54. The molecule has 1 saturated heterocycles. The van der Waals surface area contributed by atoms with E-state index in [9.17, 15) is 4.79 Å². The van der Waals surface area contributed by atoms with Crippen LogP contribution in [-0.2, 0) is 5.75 Å². The van der Waals surface area contributed by atoms with Crippen molar-refractivity contribution in [1.82, 2.24) is 5.16 Å². The van der Waals surface area contributed by atoms with Crippen molar-refractivity contribution in [1.29, 1.82) is 0 Å². The van der Waals surface area contributed by atoms with Crippen LogP contribution in [0.4, 0.5) is 11.4 Å². The van der Waals surface area contributed by atoms with Crippen LogP contribution in [0.1, 0.15) is 35.2 Å². The Labute approximate surface area is 175 Å². The van der Waals surface area contributed by atoms with Gasteiger partial charge in [0.25, 0.3) is 5.91 Å². The Kier molecular flexibility index (Phi) is 5.90. The summed E-state index contributed by atoms with van der Waals surface area (Å²) in [4.78, 5) is 16.2. The van der Waals surface area contributed by atoms with E-state index >= 15 is 0 Å². The maximum atomic E-state index is 12.9. The van der Waals surface area contributed by atoms with Crippen LogP contribution in [0.3, 0.4) is 0 Å². The number of nitrogens with zero attached hydrogens (tertiary/aromatic N) is 2. The van der Waals surface area contributed by atoms with Gasteiger partial charge in [0, 0.05) is 35.4 Å². The summed E-state index contributed by atoms with van der Waals surface area (Å²) in [6, 6.07) is 17.7. The predicted octanol–water partition coefficient (Wildman–Crippen LogP) is 5.37. The number of thioether (sulfide) groups is 1. The molecule has 29 heavy (non-hydrogen) atoms. The normalized spacial score (nSPS) is 16.2. The van der Waals surface area contributed by atoms with Crippen molar-refractivity contribution in [2.45, 2.75) is 30.9 Å². The summed E-state index contributed by atoms with van der Waals surface area (Å²) in [5.41, 5.74) is 3.53. The molecule has 4 rings (SSSR count). The number of hydrogen-bond acceptors (Lipinski definition) is 5. The minimum Gasteiger partial charge on any atom is -0.371 e. The third kappa shape index (κ3) is 4.82. The lowest BCUT2D eigenvalue weighted by molar-refractivity contribution is 0.102. The van der Waals surface area contributed by atoms with Crippen molar-refractivity contribution in [3.8, 4) is 0 Å². The zero-order valence-corrected chi connectivity index (χ0v) is 17.5. The quantitative estimate of drug-likeness (QED) is 0.557. The first kappa shape index (κ1) is 19.6. The first-order valence-electron chi connectivity index (χ1n) is 9.89. The highest BCUT2D eigenvalue weighted by atomic mass is 32.2. The lowest BCUT2D eigenvalue weighted by atomic mass is 10.2. The molecule has 1 atom stereocenters. The van der Waals surface area contributed by atoms with Crippen LogP contribution in [0.15, 0.2) is 64.0 Å². The van der Waals surface area contributed by atoms with Gasteiger partial charge in [-0.05, 0) is 55.7 Å². The fourth-order valence-corrected chi connectivity index (χ4v) is 4.46. The standard InChI is InChI=1S/C23H25N3O2S/c1-16-11-12-26(14-16)19-9-7-18(8-10-19)24-23(27)21-5-3-4-6-22(21)29-15-20-13-17(2)25-28-20/h3-10,13,16H,11-12,14-15H2,1-2H3,(H,24,27). The Hall–Kier alpha value is -2.73. The second-order valence-electron chi connectivity index (χ2n) is 7.56. The zero-order chi connectivity index (χ0) is 20.2. The van der Waals surface area contributed by atoms with Gasteiger partial charge < -0.3 is 14.7 Å². The molecule has 6 heteroatoms. The lowest BCUT2D eigenvalue weighted by Gasteiger charge is -2.18. The van der Waals surface area contributed by atoms with E-state index in [4.69, 9.17) is 4.52 Å². The molecular weight excluding hydrogens is 382 g/mol. The molecule has 1 N–H and O–H groups in total. The molecule has 2 aromatic carbocycles. The number of nitrogens with one attached hydrogen (secondary N) is 1. The van der Waals surface area contributed by atoms with Gasteiger partial charge in [-0.1, -0.05) is 24.2 Å². The Bertz CT molecular complexity index is 984. The van der Waals surface area contributed by atoms with Crippen LogP contribution < -0.4 is 10.2 Å². The van der Waals surface area contributed by atoms with Gasteiger partial charge in [0.2, 0.25) is 0 Å². The van der Waals surface area contributed by atoms with Gasteiger partial charge in [-0.15, -0.1) is 11.8 Å². The van der Waals surface area contributed by atoms with E-state index in [-0.39, 0.29) is 5.91 Å². The third-order valence-electron chi connectivity index (χ3n) is 5.09. The zero-order valence-electron chi connectivity index (χ0n) is 16.7. The number of hydrogen-bond donors (Lipinski definition) is 1. The summed E-state index contributed by atoms with van der Waals surface area (Å²) in [6.07, 6.45) is 1.24. The van der Waals surface area contributed by atoms with Crippen molar-refractivity contribution >= 4 is 29.0 Å². The monoisotopic (exact) mass is 407 g/mol. The number of carbonyl (C=O) groups excluding carboxylic acids is 1. The van der Waals surface area contributed by atoms with E-state index in [0.717, 1.165) is 41.0 Å². The second-order valence-corrected chi connectivity index (χ2v) is 8.58. The van der Waals surface area contributed by atoms with Gasteiger partial charge in [-0.3, -0.25) is 4.79 Å². The van der Waals surface area contributed by atoms with Gasteiger partial charge in [0.15, 0.2) is 0 Å². The molecular formula is C23H25N3O2S. The largest absolute Gasteiger partial charge is 0.371 e. The van der Waals surface area contributed by atoms with Gasteiger partial charge >= 0.3 is 0 Å². The Morgan fingerprint density at radius 2 is 2.03 bits per heavy atom. The Morgan fingerprint density at radius 3 is 2.72 bits per heavy atom. The average molecular weight is 408 g/mol. The molecule has 1 aliphatic heterocycles. The first-order valence-corrected chi connectivity index (χ1v) is 10.9. The van der Waals surface area contributed by atoms with Crippen LogP contribution >= 0.6 is 11.8 Å². The maximum absolute atomic E-state index is 12.9. The van der Waals surface area contributed by atoms with Crippen molar-refractivity contribution in [3.63, 3.8) is 0 Å². The third-order valence-corrected chi connectivity index (χ3v) is 6.19. The number of amides is 1. The van der Waals surface area contributed by atoms with Crippen LogP contribution in [0, 0.1) is 12.8 Å². The van der Waals surface area contributed by atoms with Gasteiger partial charge in [0.05, 0.1) is 17.0 Å². The summed E-state index contributed by atoms with van der Waals surface area (Å²) in [5.74, 6) is 2.07. The Morgan fingerprint density at radius 1 is 1.24 bits per heavy atom. The Balaban J connectivity index is 1.41. The maximum Gasteiger partial charge on any atom is 0.256 e. The van der Waals surface area contributed by atoms with E-state index in [1.165, 1.54) is 12.1 Å². The summed E-state index contributed by atoms with van der Waals surface area (Å²) in [5, 5.41) is 6.93. The molecule has 1 aromatic heterocycles. The minimum absolute atomic E-state index is 0.107. The van der Waals surface area contributed by atoms with Gasteiger partial charge in [-0.2, -0.15) is 0 Å². The minimum atomic E-state index is -0.107. The highest BCUT2D eigenvalue weighted by molar-refractivity contribution is 7.98. The van der Waals surface area contributed by atoms with E-state index < -0.39 is 0 Å². The average Bonchev–Trinajstić information content (AvgIpc) is 3.35. The van der Waals surface area contributed by atoms with Crippen LogP contribution in [0.25, 0.3) is 0 Å². The number of benzene rings is 2. The first-order chi connectivity index (χ1) is 14.1. The van der Waals surface area contributed by atoms with Crippen molar-refractivity contribution in [3.05, 3.63) is 71.6 Å². The summed E-state index contributed by atoms with van der Waals surface area (Å²) < 4.78 is 5.27. The van der Waals surface area contributed by atoms with E-state index in [1.54, 1.807) is 11.8 Å². The molecule has 1 unspecified atom stereocenters. The second kappa shape index (κ2) is 8.74. The predicted molar refractivity (Wildman–Crippen MR) is 118 cm³/mol. The van der Waals surface area contributed by atoms with Crippen LogP contribution in [-0.4, -0.2) is 24.2 Å². The molecule has 0 saturated carbocycles. The summed E-state index contributed by atoms with van der Waals surface area (Å²) in [6.45, 7) is 6.38. The van der Waals surface area contributed by atoms with E-state index in [0.29, 0.717) is 11.3 Å². The number of carbonyl (C=O) groups is 1. The molecule has 0 aliphatic carbocycles. The molecule has 150 valence electrons. The molecule has 1 aliphatic rings. The van der Waals surface area contributed by atoms with E-state index in [2.05, 4.69) is 34.4 Å². The van der Waals surface area contributed by atoms with Crippen molar-refractivity contribution < 1.29 is 9.32 Å². The number of aryl methyl sites for hydroxylation is 1. The summed E-state index contributed by atoms with van der Waals surface area (Å²) >= 11 is 1.57. The molecule has 1 fully saturated rings. The van der Waals surface area contributed by atoms with Crippen LogP contribution in [0.2, 0.25) is 0 Å². The molecule has 0 radical (unpaired) electrons. The molecule has 0 spiro atoms. The molecule has 0 bridgehead atoms. The fraction of sp³-hybridized carbons (Fsp3) is 0.304. The van der Waals surface area contributed by atoms with Gasteiger partial charge in [-0.25, -0.2) is 0 Å². The smallest absolute Gasteiger partial charge is 0.256 e. The molecule has 5 nitrogen and oxygen atoms in total. The summed E-state index contributed by atoms with van der Waals surface area (Å²) in [7, 11) is 0. The highest BCUT2D eigenvalue weighted by Crippen LogP contribution is 2.28. The number of aromatic nitrogens is 1. The van der Waals surface area contributed by atoms with Crippen LogP contribution in [0.5, 0.6) is 0 Å². The van der Waals surface area contributed by atoms with Crippen molar-refractivity contribution in [2.24, 2.45) is 5.92 Å². The molecule has 3 aromatic rings. The SMILES string of the molecule is Cc1cc(CSc2ccccc2C(=O)Nc2ccc(N3CCC(C)C3)cc2)on1. The number of rotatable bonds is 6.